The number of aryl methyl sites for hydroxylation is 1. The first-order valence-corrected chi connectivity index (χ1v) is 15.1. The molecule has 2 atom stereocenters. The smallest absolute Gasteiger partial charge is 0.416 e. The van der Waals surface area contributed by atoms with Gasteiger partial charge in [0.1, 0.15) is 28.4 Å². The molecular formula is C26H30N5O6PS. The number of hydrogen-bond acceptors (Lipinski definition) is 9. The third kappa shape index (κ3) is 6.08. The lowest BCUT2D eigenvalue weighted by atomic mass is 10.1. The van der Waals surface area contributed by atoms with Crippen LogP contribution < -0.4 is 31.1 Å². The van der Waals surface area contributed by atoms with Crippen molar-refractivity contribution >= 4 is 53.0 Å². The summed E-state index contributed by atoms with van der Waals surface area (Å²) in [5.41, 5.74) is 2.12. The van der Waals surface area contributed by atoms with Crippen molar-refractivity contribution < 1.29 is 22.7 Å². The van der Waals surface area contributed by atoms with Gasteiger partial charge in [-0.1, -0.05) is 18.7 Å². The van der Waals surface area contributed by atoms with E-state index in [4.69, 9.17) is 9.47 Å². The van der Waals surface area contributed by atoms with Gasteiger partial charge in [-0.2, -0.15) is 0 Å². The number of fused-ring (bicyclic) bond motifs is 2. The van der Waals surface area contributed by atoms with Crippen LogP contribution in [-0.2, 0) is 27.5 Å². The van der Waals surface area contributed by atoms with Crippen LogP contribution in [-0.4, -0.2) is 68.4 Å². The quantitative estimate of drug-likeness (QED) is 0.289. The van der Waals surface area contributed by atoms with Gasteiger partial charge in [0.05, 0.1) is 17.8 Å². The van der Waals surface area contributed by atoms with Gasteiger partial charge in [0.2, 0.25) is 0 Å². The Morgan fingerprint density at radius 3 is 2.79 bits per heavy atom. The summed E-state index contributed by atoms with van der Waals surface area (Å²) in [5, 5.41) is 8.22. The Bertz CT molecular complexity index is 1620. The first-order chi connectivity index (χ1) is 18.6. The highest BCUT2D eigenvalue weighted by atomic mass is 32.2. The standard InChI is InChI=1S/C26H30N5O6PS/c1-16-15-36-20-5-7-22(29-25(20)28-16)31-14-18(37-26(31)33)13-27-10-9-19-21(38)6-3-17-4-8-23(32)30(24(17)19)11-12-39(2,34)35/h3-8,18,27H,1,9-15,38H2,2H3,(H,28,29)/t18-/m0/s1. The second-order valence-corrected chi connectivity index (χ2v) is 12.5. The number of sulfone groups is 1. The first-order valence-electron chi connectivity index (χ1n) is 12.5. The maximum Gasteiger partial charge on any atom is 0.416 e. The lowest BCUT2D eigenvalue weighted by Crippen LogP contribution is -2.33. The fraction of sp³-hybridized carbons (Fsp3) is 0.346. The molecule has 1 saturated heterocycles. The number of benzene rings is 1. The van der Waals surface area contributed by atoms with Crippen LogP contribution in [0.5, 0.6) is 5.75 Å². The fourth-order valence-corrected chi connectivity index (χ4v) is 5.57. The van der Waals surface area contributed by atoms with Gasteiger partial charge in [0.15, 0.2) is 11.6 Å². The Balaban J connectivity index is 1.24. The highest BCUT2D eigenvalue weighted by molar-refractivity contribution is 7.90. The largest absolute Gasteiger partial charge is 0.484 e. The van der Waals surface area contributed by atoms with E-state index in [0.717, 1.165) is 28.0 Å². The van der Waals surface area contributed by atoms with Gasteiger partial charge in [0, 0.05) is 31.1 Å². The van der Waals surface area contributed by atoms with Gasteiger partial charge < -0.3 is 24.7 Å². The summed E-state index contributed by atoms with van der Waals surface area (Å²) in [4.78, 5) is 31.2. The lowest BCUT2D eigenvalue weighted by molar-refractivity contribution is 0.140. The molecule has 2 aromatic heterocycles. The van der Waals surface area contributed by atoms with Crippen molar-refractivity contribution in [2.24, 2.45) is 0 Å². The number of aromatic nitrogens is 2. The molecule has 0 saturated carbocycles. The minimum absolute atomic E-state index is 0.0872. The zero-order chi connectivity index (χ0) is 27.7. The van der Waals surface area contributed by atoms with Crippen LogP contribution in [0.3, 0.4) is 0 Å². The summed E-state index contributed by atoms with van der Waals surface area (Å²) < 4.78 is 36.2. The SMILES string of the molecule is C=C1COc2ccc(N3C[C@H](CNCCc4c(P)ccc5ccc(=O)n(CCS(C)(=O)=O)c45)OC3=O)nc2N1. The molecule has 5 rings (SSSR count). The Morgan fingerprint density at radius 1 is 1.21 bits per heavy atom. The zero-order valence-electron chi connectivity index (χ0n) is 21.5. The second kappa shape index (κ2) is 11.0. The molecule has 1 amide bonds. The number of pyridine rings is 2. The van der Waals surface area contributed by atoms with Gasteiger partial charge in [-0.25, -0.2) is 18.2 Å². The maximum absolute atomic E-state index is 12.7. The Morgan fingerprint density at radius 2 is 2.00 bits per heavy atom. The topological polar surface area (TPSA) is 132 Å². The number of ether oxygens (including phenoxy) is 2. The molecule has 39 heavy (non-hydrogen) atoms. The molecule has 1 unspecified atom stereocenters. The van der Waals surface area contributed by atoms with E-state index in [0.29, 0.717) is 55.7 Å². The average molecular weight is 572 g/mol. The van der Waals surface area contributed by atoms with Crippen molar-refractivity contribution in [3.05, 3.63) is 64.6 Å². The van der Waals surface area contributed by atoms with Gasteiger partial charge in [-0.15, -0.1) is 9.24 Å². The van der Waals surface area contributed by atoms with Crippen molar-refractivity contribution in [2.45, 2.75) is 19.1 Å². The van der Waals surface area contributed by atoms with Crippen molar-refractivity contribution in [3.8, 4) is 5.75 Å². The number of nitrogens with zero attached hydrogens (tertiary/aromatic N) is 3. The monoisotopic (exact) mass is 571 g/mol. The second-order valence-electron chi connectivity index (χ2n) is 9.63. The van der Waals surface area contributed by atoms with E-state index in [2.05, 4.69) is 31.4 Å². The van der Waals surface area contributed by atoms with E-state index in [-0.39, 0.29) is 24.0 Å². The molecule has 206 valence electrons. The third-order valence-electron chi connectivity index (χ3n) is 6.59. The molecular weight excluding hydrogens is 541 g/mol. The van der Waals surface area contributed by atoms with E-state index in [1.54, 1.807) is 18.2 Å². The number of nitrogens with one attached hydrogen (secondary N) is 2. The predicted octanol–water partition coefficient (Wildman–Crippen LogP) is 1.42. The summed E-state index contributed by atoms with van der Waals surface area (Å²) in [6, 6.07) is 10.6. The minimum atomic E-state index is -3.24. The van der Waals surface area contributed by atoms with Crippen molar-refractivity contribution in [1.82, 2.24) is 14.9 Å². The van der Waals surface area contributed by atoms with Crippen LogP contribution in [0, 0.1) is 0 Å². The van der Waals surface area contributed by atoms with Gasteiger partial charge in [0.25, 0.3) is 5.56 Å². The molecule has 2 aliphatic heterocycles. The number of hydrogen-bond donors (Lipinski definition) is 2. The van der Waals surface area contributed by atoms with Crippen molar-refractivity contribution in [3.63, 3.8) is 0 Å². The van der Waals surface area contributed by atoms with Crippen molar-refractivity contribution in [2.75, 3.05) is 48.5 Å². The van der Waals surface area contributed by atoms with Gasteiger partial charge in [-0.05, 0) is 47.4 Å². The van der Waals surface area contributed by atoms with E-state index in [1.807, 2.05) is 12.1 Å². The fourth-order valence-electron chi connectivity index (χ4n) is 4.68. The molecule has 0 bridgehead atoms. The van der Waals surface area contributed by atoms with Crippen molar-refractivity contribution in [1.29, 1.82) is 0 Å². The highest BCUT2D eigenvalue weighted by Gasteiger charge is 2.33. The minimum Gasteiger partial charge on any atom is -0.484 e. The number of cyclic esters (lactones) is 1. The normalized spacial score (nSPS) is 17.1. The molecule has 1 aromatic carbocycles. The number of amides is 1. The zero-order valence-corrected chi connectivity index (χ0v) is 23.4. The summed E-state index contributed by atoms with van der Waals surface area (Å²) in [6.07, 6.45) is 0.910. The molecule has 11 nitrogen and oxygen atoms in total. The molecule has 4 heterocycles. The molecule has 0 radical (unpaired) electrons. The van der Waals surface area contributed by atoms with E-state index in [9.17, 15) is 18.0 Å². The number of carbonyl (C=O) groups is 1. The van der Waals surface area contributed by atoms with Crippen LogP contribution in [0.25, 0.3) is 10.9 Å². The van der Waals surface area contributed by atoms with Gasteiger partial charge >= 0.3 is 6.09 Å². The molecule has 13 heteroatoms. The molecule has 0 spiro atoms. The summed E-state index contributed by atoms with van der Waals surface area (Å²) in [6.45, 7) is 5.63. The van der Waals surface area contributed by atoms with Crippen LogP contribution in [0.1, 0.15) is 5.56 Å². The van der Waals surface area contributed by atoms with Crippen LogP contribution in [0.2, 0.25) is 0 Å². The predicted molar refractivity (Wildman–Crippen MR) is 154 cm³/mol. The lowest BCUT2D eigenvalue weighted by Gasteiger charge is -2.21. The van der Waals surface area contributed by atoms with Crippen LogP contribution in [0.4, 0.5) is 16.4 Å². The van der Waals surface area contributed by atoms with E-state index < -0.39 is 15.9 Å². The molecule has 2 aliphatic rings. The summed E-state index contributed by atoms with van der Waals surface area (Å²) in [7, 11) is -0.543. The summed E-state index contributed by atoms with van der Waals surface area (Å²) >= 11 is 0. The number of carbonyl (C=O) groups excluding carboxylic acids is 1. The highest BCUT2D eigenvalue weighted by Crippen LogP contribution is 2.31. The average Bonchev–Trinajstić information content (AvgIpc) is 3.26. The van der Waals surface area contributed by atoms with Crippen LogP contribution in [0.15, 0.2) is 53.5 Å². The first kappa shape index (κ1) is 27.1. The molecule has 2 N–H and O–H groups in total. The molecule has 3 aromatic rings. The Hall–Kier alpha value is -3.47. The van der Waals surface area contributed by atoms with E-state index >= 15 is 0 Å². The number of anilines is 2. The third-order valence-corrected chi connectivity index (χ3v) is 8.06. The summed E-state index contributed by atoms with van der Waals surface area (Å²) in [5.74, 6) is 1.45. The van der Waals surface area contributed by atoms with E-state index in [1.165, 1.54) is 15.5 Å². The molecule has 0 aliphatic carbocycles. The molecule has 1 fully saturated rings. The van der Waals surface area contributed by atoms with Gasteiger partial charge in [-0.3, -0.25) is 9.69 Å². The Labute approximate surface area is 228 Å². The van der Waals surface area contributed by atoms with Crippen LogP contribution >= 0.6 is 9.24 Å². The number of rotatable bonds is 9. The maximum atomic E-state index is 12.7. The Kier molecular flexibility index (Phi) is 7.61.